The van der Waals surface area contributed by atoms with Crippen LogP contribution >= 0.6 is 0 Å². The van der Waals surface area contributed by atoms with Gasteiger partial charge in [0.15, 0.2) is 0 Å². The molecule has 1 aliphatic carbocycles. The van der Waals surface area contributed by atoms with Crippen molar-refractivity contribution in [3.8, 4) is 6.26 Å². The highest BCUT2D eigenvalue weighted by atomic mass is 16.5. The minimum Gasteiger partial charge on any atom is -0.420 e. The first kappa shape index (κ1) is 17.1. The maximum Gasteiger partial charge on any atom is 0.286 e. The largest absolute Gasteiger partial charge is 0.420 e. The molecule has 0 amide bonds. The monoisotopic (exact) mass is 277 g/mol. The summed E-state index contributed by atoms with van der Waals surface area (Å²) in [6.45, 7) is 11.3. The molecule has 0 unspecified atom stereocenters. The summed E-state index contributed by atoms with van der Waals surface area (Å²) in [4.78, 5) is 0. The van der Waals surface area contributed by atoms with Gasteiger partial charge < -0.3 is 4.74 Å². The molecule has 114 valence electrons. The first-order chi connectivity index (χ1) is 9.49. The Labute approximate surface area is 125 Å². The molecule has 0 bridgehead atoms. The molecular formula is C18H31NO. The van der Waals surface area contributed by atoms with Crippen LogP contribution in [-0.2, 0) is 4.74 Å². The van der Waals surface area contributed by atoms with Crippen LogP contribution in [0, 0.1) is 35.2 Å². The first-order valence-corrected chi connectivity index (χ1v) is 8.21. The number of allylic oxidation sites excluding steroid dienone is 1. The number of hydrogen-bond acceptors (Lipinski definition) is 2. The zero-order valence-electron chi connectivity index (χ0n) is 13.9. The SMILES string of the molecule is CCC/C(C)=C/[C@@H](OC#N)[C@@H]1C[C@H](C)CC[C@H]1C(C)C. The normalized spacial score (nSPS) is 29.1. The van der Waals surface area contributed by atoms with Gasteiger partial charge in [-0.2, -0.15) is 5.26 Å². The Kier molecular flexibility index (Phi) is 7.13. The molecule has 0 saturated heterocycles. The molecule has 20 heavy (non-hydrogen) atoms. The van der Waals surface area contributed by atoms with E-state index in [9.17, 15) is 0 Å². The molecule has 1 rings (SSSR count). The van der Waals surface area contributed by atoms with Crippen LogP contribution in [0.4, 0.5) is 0 Å². The highest BCUT2D eigenvalue weighted by Crippen LogP contribution is 2.41. The molecule has 4 atom stereocenters. The van der Waals surface area contributed by atoms with Crippen LogP contribution in [0.25, 0.3) is 0 Å². The second kappa shape index (κ2) is 8.35. The van der Waals surface area contributed by atoms with Crippen molar-refractivity contribution >= 4 is 0 Å². The third-order valence-corrected chi connectivity index (χ3v) is 4.78. The molecule has 0 radical (unpaired) electrons. The van der Waals surface area contributed by atoms with E-state index < -0.39 is 0 Å². The van der Waals surface area contributed by atoms with Gasteiger partial charge in [0, 0.05) is 5.92 Å². The molecule has 0 spiro atoms. The maximum atomic E-state index is 9.00. The van der Waals surface area contributed by atoms with E-state index in [-0.39, 0.29) is 6.10 Å². The summed E-state index contributed by atoms with van der Waals surface area (Å²) in [5.41, 5.74) is 1.36. The molecule has 2 nitrogen and oxygen atoms in total. The Morgan fingerprint density at radius 2 is 2.05 bits per heavy atom. The van der Waals surface area contributed by atoms with E-state index in [0.29, 0.717) is 17.8 Å². The number of nitriles is 1. The molecule has 0 aromatic carbocycles. The lowest BCUT2D eigenvalue weighted by atomic mass is 9.68. The van der Waals surface area contributed by atoms with Crippen molar-refractivity contribution < 1.29 is 4.74 Å². The van der Waals surface area contributed by atoms with Crippen molar-refractivity contribution in [3.05, 3.63) is 11.6 Å². The maximum absolute atomic E-state index is 9.00. The van der Waals surface area contributed by atoms with Gasteiger partial charge in [-0.1, -0.05) is 46.1 Å². The van der Waals surface area contributed by atoms with Crippen LogP contribution in [0.15, 0.2) is 11.6 Å². The van der Waals surface area contributed by atoms with E-state index >= 15 is 0 Å². The van der Waals surface area contributed by atoms with E-state index in [1.54, 1.807) is 0 Å². The van der Waals surface area contributed by atoms with Gasteiger partial charge in [0.1, 0.15) is 6.10 Å². The van der Waals surface area contributed by atoms with E-state index in [1.807, 2.05) is 6.26 Å². The van der Waals surface area contributed by atoms with Gasteiger partial charge in [-0.15, -0.1) is 0 Å². The summed E-state index contributed by atoms with van der Waals surface area (Å²) in [6, 6.07) is 0. The summed E-state index contributed by atoms with van der Waals surface area (Å²) in [5.74, 6) is 2.58. The second-order valence-electron chi connectivity index (χ2n) is 6.93. The zero-order chi connectivity index (χ0) is 15.1. The summed E-state index contributed by atoms with van der Waals surface area (Å²) in [7, 11) is 0. The van der Waals surface area contributed by atoms with Crippen molar-refractivity contribution in [2.45, 2.75) is 72.8 Å². The number of rotatable bonds is 6. The number of hydrogen-bond donors (Lipinski definition) is 0. The molecule has 1 saturated carbocycles. The summed E-state index contributed by atoms with van der Waals surface area (Å²) in [5, 5.41) is 9.00. The van der Waals surface area contributed by atoms with E-state index in [1.165, 1.54) is 24.8 Å². The van der Waals surface area contributed by atoms with Crippen molar-refractivity contribution in [2.24, 2.45) is 23.7 Å². The summed E-state index contributed by atoms with van der Waals surface area (Å²) in [6.07, 6.45) is 10.2. The van der Waals surface area contributed by atoms with Gasteiger partial charge in [-0.05, 0) is 50.0 Å². The molecule has 0 heterocycles. The fourth-order valence-corrected chi connectivity index (χ4v) is 3.72. The van der Waals surface area contributed by atoms with Gasteiger partial charge in [-0.3, -0.25) is 0 Å². The Morgan fingerprint density at radius 3 is 2.60 bits per heavy atom. The standard InChI is InChI=1S/C18H31NO/c1-6-7-14(4)11-18(20-12-19)17-10-15(5)8-9-16(17)13(2)3/h11,13,15-18H,6-10H2,1-5H3/b14-11+/t15-,16+,17-,18-/m1/s1. The quantitative estimate of drug-likeness (QED) is 0.487. The molecule has 0 N–H and O–H groups in total. The highest BCUT2D eigenvalue weighted by Gasteiger charge is 2.36. The Hall–Kier alpha value is -0.970. The minimum absolute atomic E-state index is 0.0262. The van der Waals surface area contributed by atoms with Crippen LogP contribution in [0.5, 0.6) is 0 Å². The van der Waals surface area contributed by atoms with Crippen molar-refractivity contribution in [1.82, 2.24) is 0 Å². The lowest BCUT2D eigenvalue weighted by Crippen LogP contribution is -2.36. The van der Waals surface area contributed by atoms with Gasteiger partial charge in [-0.25, -0.2) is 0 Å². The lowest BCUT2D eigenvalue weighted by molar-refractivity contribution is 0.0392. The fourth-order valence-electron chi connectivity index (χ4n) is 3.72. The van der Waals surface area contributed by atoms with Crippen LogP contribution in [-0.4, -0.2) is 6.10 Å². The van der Waals surface area contributed by atoms with Gasteiger partial charge in [0.25, 0.3) is 6.26 Å². The van der Waals surface area contributed by atoms with Gasteiger partial charge in [0.2, 0.25) is 0 Å². The van der Waals surface area contributed by atoms with E-state index in [2.05, 4.69) is 40.7 Å². The average Bonchev–Trinajstić information content (AvgIpc) is 2.38. The van der Waals surface area contributed by atoms with Crippen LogP contribution in [0.2, 0.25) is 0 Å². The second-order valence-corrected chi connectivity index (χ2v) is 6.93. The number of nitrogens with zero attached hydrogens (tertiary/aromatic N) is 1. The first-order valence-electron chi connectivity index (χ1n) is 8.21. The highest BCUT2D eigenvalue weighted by molar-refractivity contribution is 5.06. The fraction of sp³-hybridized carbons (Fsp3) is 0.833. The van der Waals surface area contributed by atoms with Crippen molar-refractivity contribution in [2.75, 3.05) is 0 Å². The van der Waals surface area contributed by atoms with E-state index in [4.69, 9.17) is 10.00 Å². The van der Waals surface area contributed by atoms with Crippen molar-refractivity contribution in [3.63, 3.8) is 0 Å². The summed E-state index contributed by atoms with van der Waals surface area (Å²) < 4.78 is 5.46. The van der Waals surface area contributed by atoms with E-state index in [0.717, 1.165) is 18.8 Å². The third-order valence-electron chi connectivity index (χ3n) is 4.78. The van der Waals surface area contributed by atoms with Crippen LogP contribution in [0.1, 0.15) is 66.7 Å². The minimum atomic E-state index is -0.0262. The predicted molar refractivity (Wildman–Crippen MR) is 84.0 cm³/mol. The molecule has 1 fully saturated rings. The molecular weight excluding hydrogens is 246 g/mol. The predicted octanol–water partition coefficient (Wildman–Crippen LogP) is 5.31. The Bertz CT molecular complexity index is 353. The molecule has 0 aromatic rings. The van der Waals surface area contributed by atoms with Crippen LogP contribution < -0.4 is 0 Å². The average molecular weight is 277 g/mol. The Balaban J connectivity index is 2.91. The van der Waals surface area contributed by atoms with Gasteiger partial charge >= 0.3 is 0 Å². The molecule has 1 aliphatic rings. The third kappa shape index (κ3) is 4.85. The molecule has 0 aliphatic heterocycles. The molecule has 0 aromatic heterocycles. The zero-order valence-corrected chi connectivity index (χ0v) is 13.9. The topological polar surface area (TPSA) is 33.0 Å². The lowest BCUT2D eigenvalue weighted by Gasteiger charge is -2.39. The number of ether oxygens (including phenoxy) is 1. The Morgan fingerprint density at radius 1 is 1.35 bits per heavy atom. The van der Waals surface area contributed by atoms with Crippen LogP contribution in [0.3, 0.4) is 0 Å². The smallest absolute Gasteiger partial charge is 0.286 e. The van der Waals surface area contributed by atoms with Gasteiger partial charge in [0.05, 0.1) is 0 Å². The molecule has 2 heteroatoms. The summed E-state index contributed by atoms with van der Waals surface area (Å²) >= 11 is 0. The van der Waals surface area contributed by atoms with Crippen molar-refractivity contribution in [1.29, 1.82) is 5.26 Å².